The first-order chi connectivity index (χ1) is 13.0. The molecule has 0 amide bonds. The van der Waals surface area contributed by atoms with Gasteiger partial charge in [0.25, 0.3) is 0 Å². The molecule has 0 aliphatic rings. The molecule has 0 bridgehead atoms. The maximum Gasteiger partial charge on any atom is 0.159 e. The van der Waals surface area contributed by atoms with Gasteiger partial charge in [0.15, 0.2) is 5.82 Å². The molecule has 7 nitrogen and oxygen atoms in total. The molecular formula is C20H27N7. The van der Waals surface area contributed by atoms with Gasteiger partial charge < -0.3 is 21.3 Å². The second-order valence-electron chi connectivity index (χ2n) is 6.89. The summed E-state index contributed by atoms with van der Waals surface area (Å²) in [6.07, 6.45) is 4.50. The van der Waals surface area contributed by atoms with Gasteiger partial charge in [0, 0.05) is 35.4 Å². The zero-order chi connectivity index (χ0) is 19.4. The summed E-state index contributed by atoms with van der Waals surface area (Å²) >= 11 is 0. The SMILES string of the molecule is C=C(NCCCN(C)C)c1ccn2ncnc(Nc3ccc(N)c(C)c3)c12. The van der Waals surface area contributed by atoms with Crippen molar-refractivity contribution in [3.63, 3.8) is 0 Å². The summed E-state index contributed by atoms with van der Waals surface area (Å²) < 4.78 is 1.81. The van der Waals surface area contributed by atoms with Crippen molar-refractivity contribution in [1.29, 1.82) is 0 Å². The van der Waals surface area contributed by atoms with Crippen LogP contribution in [0.2, 0.25) is 0 Å². The fraction of sp³-hybridized carbons (Fsp3) is 0.300. The predicted octanol–water partition coefficient (Wildman–Crippen LogP) is 2.88. The van der Waals surface area contributed by atoms with Crippen LogP contribution in [0.3, 0.4) is 0 Å². The quantitative estimate of drug-likeness (QED) is 0.421. The molecule has 0 spiro atoms. The molecule has 142 valence electrons. The minimum atomic E-state index is 0.727. The molecule has 0 saturated heterocycles. The lowest BCUT2D eigenvalue weighted by molar-refractivity contribution is 0.399. The predicted molar refractivity (Wildman–Crippen MR) is 112 cm³/mol. The number of anilines is 3. The van der Waals surface area contributed by atoms with E-state index >= 15 is 0 Å². The molecule has 7 heteroatoms. The zero-order valence-corrected chi connectivity index (χ0v) is 16.2. The van der Waals surface area contributed by atoms with Crippen molar-refractivity contribution in [2.75, 3.05) is 38.2 Å². The molecule has 0 atom stereocenters. The minimum absolute atomic E-state index is 0.727. The summed E-state index contributed by atoms with van der Waals surface area (Å²) in [5.74, 6) is 0.727. The van der Waals surface area contributed by atoms with Crippen LogP contribution in [-0.4, -0.2) is 46.7 Å². The van der Waals surface area contributed by atoms with Gasteiger partial charge in [0.1, 0.15) is 11.8 Å². The number of aryl methyl sites for hydroxylation is 1. The molecule has 2 aromatic heterocycles. The van der Waals surface area contributed by atoms with Crippen LogP contribution in [0.15, 0.2) is 43.4 Å². The average molecular weight is 365 g/mol. The molecule has 0 aliphatic heterocycles. The van der Waals surface area contributed by atoms with Crippen LogP contribution in [0.4, 0.5) is 17.2 Å². The molecule has 0 saturated carbocycles. The van der Waals surface area contributed by atoms with E-state index in [0.717, 1.165) is 59.0 Å². The van der Waals surface area contributed by atoms with E-state index < -0.39 is 0 Å². The summed E-state index contributed by atoms with van der Waals surface area (Å²) in [5.41, 5.74) is 11.4. The number of aromatic nitrogens is 3. The molecule has 0 fully saturated rings. The summed E-state index contributed by atoms with van der Waals surface area (Å²) in [7, 11) is 4.15. The molecule has 27 heavy (non-hydrogen) atoms. The third-order valence-electron chi connectivity index (χ3n) is 4.43. The van der Waals surface area contributed by atoms with Crippen molar-refractivity contribution in [2.24, 2.45) is 0 Å². The van der Waals surface area contributed by atoms with E-state index in [4.69, 9.17) is 5.73 Å². The fourth-order valence-electron chi connectivity index (χ4n) is 2.91. The van der Waals surface area contributed by atoms with Crippen molar-refractivity contribution in [1.82, 2.24) is 24.8 Å². The van der Waals surface area contributed by atoms with E-state index in [9.17, 15) is 0 Å². The Labute approximate surface area is 159 Å². The van der Waals surface area contributed by atoms with Crippen LogP contribution >= 0.6 is 0 Å². The maximum atomic E-state index is 5.92. The van der Waals surface area contributed by atoms with Gasteiger partial charge in [-0.3, -0.25) is 0 Å². The molecular weight excluding hydrogens is 338 g/mol. The first-order valence-corrected chi connectivity index (χ1v) is 8.99. The third kappa shape index (κ3) is 4.38. The van der Waals surface area contributed by atoms with Crippen LogP contribution in [0, 0.1) is 6.92 Å². The van der Waals surface area contributed by atoms with E-state index in [1.54, 1.807) is 0 Å². The number of nitrogens with two attached hydrogens (primary N) is 1. The van der Waals surface area contributed by atoms with Crippen LogP contribution in [-0.2, 0) is 0 Å². The molecule has 4 N–H and O–H groups in total. The molecule has 0 radical (unpaired) electrons. The van der Waals surface area contributed by atoms with Crippen LogP contribution in [0.5, 0.6) is 0 Å². The second kappa shape index (κ2) is 8.09. The highest BCUT2D eigenvalue weighted by Crippen LogP contribution is 2.27. The van der Waals surface area contributed by atoms with Crippen molar-refractivity contribution in [3.05, 3.63) is 54.5 Å². The highest BCUT2D eigenvalue weighted by molar-refractivity contribution is 5.86. The third-order valence-corrected chi connectivity index (χ3v) is 4.43. The Hall–Kier alpha value is -3.06. The topological polar surface area (TPSA) is 83.5 Å². The number of nitrogens with zero attached hydrogens (tertiary/aromatic N) is 4. The Bertz CT molecular complexity index is 943. The molecule has 1 aromatic carbocycles. The van der Waals surface area contributed by atoms with Gasteiger partial charge in [-0.1, -0.05) is 6.58 Å². The minimum Gasteiger partial charge on any atom is -0.399 e. The lowest BCUT2D eigenvalue weighted by atomic mass is 10.1. The number of fused-ring (bicyclic) bond motifs is 1. The van der Waals surface area contributed by atoms with Gasteiger partial charge >= 0.3 is 0 Å². The molecule has 3 aromatic rings. The smallest absolute Gasteiger partial charge is 0.159 e. The van der Waals surface area contributed by atoms with Crippen LogP contribution < -0.4 is 16.4 Å². The lowest BCUT2D eigenvalue weighted by Gasteiger charge is -2.13. The summed E-state index contributed by atoms with van der Waals surface area (Å²) in [6, 6.07) is 7.84. The van der Waals surface area contributed by atoms with E-state index in [0.29, 0.717) is 0 Å². The first kappa shape index (κ1) is 18.7. The van der Waals surface area contributed by atoms with Gasteiger partial charge in [-0.05, 0) is 63.8 Å². The Kier molecular flexibility index (Phi) is 5.61. The average Bonchev–Trinajstić information content (AvgIpc) is 3.07. The number of nitrogen functional groups attached to an aromatic ring is 1. The van der Waals surface area contributed by atoms with E-state index in [1.165, 1.54) is 6.33 Å². The van der Waals surface area contributed by atoms with Crippen molar-refractivity contribution in [3.8, 4) is 0 Å². The highest BCUT2D eigenvalue weighted by atomic mass is 15.3. The standard InChI is InChI=1S/C20H27N7/c1-14-12-16(6-7-18(14)21)25-20-19-17(8-11-27(19)24-13-23-20)15(2)22-9-5-10-26(3)4/h6-8,11-13,22H,2,5,9-10,21H2,1,3-4H3,(H,23,24,25). The lowest BCUT2D eigenvalue weighted by Crippen LogP contribution is -2.20. The van der Waals surface area contributed by atoms with Gasteiger partial charge in [0.2, 0.25) is 0 Å². The van der Waals surface area contributed by atoms with E-state index in [-0.39, 0.29) is 0 Å². The monoisotopic (exact) mass is 365 g/mol. The van der Waals surface area contributed by atoms with Crippen molar-refractivity contribution in [2.45, 2.75) is 13.3 Å². The number of hydrogen-bond acceptors (Lipinski definition) is 6. The molecule has 3 rings (SSSR count). The molecule has 0 unspecified atom stereocenters. The Balaban J connectivity index is 1.83. The fourth-order valence-corrected chi connectivity index (χ4v) is 2.91. The number of rotatable bonds is 8. The number of hydrogen-bond donors (Lipinski definition) is 3. The molecule has 0 aliphatic carbocycles. The Morgan fingerprint density at radius 1 is 1.30 bits per heavy atom. The van der Waals surface area contributed by atoms with Gasteiger partial charge in [0.05, 0.1) is 0 Å². The van der Waals surface area contributed by atoms with Gasteiger partial charge in [-0.2, -0.15) is 5.10 Å². The zero-order valence-electron chi connectivity index (χ0n) is 16.2. The highest BCUT2D eigenvalue weighted by Gasteiger charge is 2.13. The van der Waals surface area contributed by atoms with E-state index in [2.05, 4.69) is 46.3 Å². The van der Waals surface area contributed by atoms with Crippen LogP contribution in [0.25, 0.3) is 11.2 Å². The summed E-state index contributed by atoms with van der Waals surface area (Å²) in [6.45, 7) is 8.08. The normalized spacial score (nSPS) is 11.1. The van der Waals surface area contributed by atoms with E-state index in [1.807, 2.05) is 41.9 Å². The molecule has 2 heterocycles. The number of benzene rings is 1. The van der Waals surface area contributed by atoms with Gasteiger partial charge in [-0.15, -0.1) is 0 Å². The second-order valence-corrected chi connectivity index (χ2v) is 6.89. The van der Waals surface area contributed by atoms with Crippen LogP contribution in [0.1, 0.15) is 17.5 Å². The number of nitrogens with one attached hydrogen (secondary N) is 2. The Morgan fingerprint density at radius 3 is 2.85 bits per heavy atom. The largest absolute Gasteiger partial charge is 0.399 e. The summed E-state index contributed by atoms with van der Waals surface area (Å²) in [4.78, 5) is 6.61. The van der Waals surface area contributed by atoms with Crippen molar-refractivity contribution < 1.29 is 0 Å². The Morgan fingerprint density at radius 2 is 2.11 bits per heavy atom. The first-order valence-electron chi connectivity index (χ1n) is 8.99. The summed E-state index contributed by atoms with van der Waals surface area (Å²) in [5, 5.41) is 11.1. The van der Waals surface area contributed by atoms with Crippen molar-refractivity contribution >= 4 is 28.4 Å². The maximum absolute atomic E-state index is 5.92. The van der Waals surface area contributed by atoms with Gasteiger partial charge in [-0.25, -0.2) is 9.50 Å².